The number of piperazine rings is 1. The maximum Gasteiger partial charge on any atom is 0.132 e. The Morgan fingerprint density at radius 1 is 1.40 bits per heavy atom. The van der Waals surface area contributed by atoms with Crippen molar-refractivity contribution in [1.29, 1.82) is 0 Å². The molecule has 0 radical (unpaired) electrons. The molecule has 82 valence electrons. The Hall–Kier alpha value is -1.16. The van der Waals surface area contributed by atoms with Crippen molar-refractivity contribution in [3.8, 4) is 0 Å². The predicted molar refractivity (Wildman–Crippen MR) is 61.2 cm³/mol. The van der Waals surface area contributed by atoms with Gasteiger partial charge in [0.2, 0.25) is 0 Å². The Labute approximate surface area is 90.7 Å². The Kier molecular flexibility index (Phi) is 2.86. The highest BCUT2D eigenvalue weighted by Gasteiger charge is 2.17. The van der Waals surface area contributed by atoms with Crippen LogP contribution in [0.25, 0.3) is 0 Å². The number of nitrogens with one attached hydrogen (secondary N) is 1. The molecule has 0 aromatic carbocycles. The summed E-state index contributed by atoms with van der Waals surface area (Å²) in [7, 11) is 0. The normalized spacial score (nSPS) is 21.8. The lowest BCUT2D eigenvalue weighted by atomic mass is 10.2. The van der Waals surface area contributed by atoms with Gasteiger partial charge in [-0.2, -0.15) is 0 Å². The van der Waals surface area contributed by atoms with E-state index in [1.54, 1.807) is 0 Å². The summed E-state index contributed by atoms with van der Waals surface area (Å²) >= 11 is 0. The van der Waals surface area contributed by atoms with Gasteiger partial charge in [-0.15, -0.1) is 0 Å². The highest BCUT2D eigenvalue weighted by molar-refractivity contribution is 5.40. The minimum absolute atomic E-state index is 0.536. The summed E-state index contributed by atoms with van der Waals surface area (Å²) in [5, 5.41) is 3.43. The fourth-order valence-corrected chi connectivity index (χ4v) is 2.00. The molecule has 0 saturated carbocycles. The predicted octanol–water partition coefficient (Wildman–Crippen LogP) is 0.892. The number of rotatable bonds is 1. The molecule has 2 rings (SSSR count). The van der Waals surface area contributed by atoms with Crippen LogP contribution in [-0.4, -0.2) is 35.6 Å². The zero-order valence-corrected chi connectivity index (χ0v) is 9.62. The fraction of sp³-hybridized carbons (Fsp3) is 0.636. The van der Waals surface area contributed by atoms with Crippen LogP contribution in [0.2, 0.25) is 0 Å². The molecule has 2 heterocycles. The van der Waals surface area contributed by atoms with Crippen molar-refractivity contribution in [1.82, 2.24) is 15.3 Å². The highest BCUT2D eigenvalue weighted by Crippen LogP contribution is 2.14. The van der Waals surface area contributed by atoms with Crippen molar-refractivity contribution >= 4 is 5.82 Å². The summed E-state index contributed by atoms with van der Waals surface area (Å²) in [6.07, 6.45) is 0. The lowest BCUT2D eigenvalue weighted by Crippen LogP contribution is -2.49. The molecule has 1 fully saturated rings. The average molecular weight is 206 g/mol. The highest BCUT2D eigenvalue weighted by atomic mass is 15.2. The van der Waals surface area contributed by atoms with E-state index in [4.69, 9.17) is 0 Å². The van der Waals surface area contributed by atoms with Crippen LogP contribution in [0.15, 0.2) is 6.07 Å². The maximum absolute atomic E-state index is 4.48. The number of anilines is 1. The molecule has 0 aliphatic carbocycles. The molecule has 0 bridgehead atoms. The van der Waals surface area contributed by atoms with Crippen LogP contribution in [0.5, 0.6) is 0 Å². The van der Waals surface area contributed by atoms with Crippen molar-refractivity contribution in [3.63, 3.8) is 0 Å². The van der Waals surface area contributed by atoms with Gasteiger partial charge in [-0.1, -0.05) is 0 Å². The molecule has 4 heteroatoms. The minimum atomic E-state index is 0.536. The first kappa shape index (κ1) is 10.4. The van der Waals surface area contributed by atoms with Crippen LogP contribution in [0.1, 0.15) is 18.4 Å². The van der Waals surface area contributed by atoms with Crippen LogP contribution in [-0.2, 0) is 0 Å². The molecule has 4 nitrogen and oxygen atoms in total. The molecule has 15 heavy (non-hydrogen) atoms. The van der Waals surface area contributed by atoms with Crippen LogP contribution < -0.4 is 10.2 Å². The number of hydrogen-bond donors (Lipinski definition) is 1. The second-order valence-electron chi connectivity index (χ2n) is 4.22. The third kappa shape index (κ3) is 2.45. The van der Waals surface area contributed by atoms with Gasteiger partial charge in [-0.3, -0.25) is 0 Å². The Morgan fingerprint density at radius 2 is 2.20 bits per heavy atom. The van der Waals surface area contributed by atoms with E-state index in [9.17, 15) is 0 Å². The van der Waals surface area contributed by atoms with Gasteiger partial charge in [0.15, 0.2) is 0 Å². The Bertz CT molecular complexity index is 330. The lowest BCUT2D eigenvalue weighted by Gasteiger charge is -2.32. The fourth-order valence-electron chi connectivity index (χ4n) is 2.00. The summed E-state index contributed by atoms with van der Waals surface area (Å²) < 4.78 is 0. The molecule has 0 amide bonds. The van der Waals surface area contributed by atoms with E-state index in [0.717, 1.165) is 37.0 Å². The van der Waals surface area contributed by atoms with Gasteiger partial charge >= 0.3 is 0 Å². The maximum atomic E-state index is 4.48. The first-order valence-corrected chi connectivity index (χ1v) is 5.46. The number of aryl methyl sites for hydroxylation is 2. The van der Waals surface area contributed by atoms with Crippen LogP contribution >= 0.6 is 0 Å². The average Bonchev–Trinajstić information content (AvgIpc) is 2.16. The van der Waals surface area contributed by atoms with E-state index in [1.165, 1.54) is 0 Å². The standard InChI is InChI=1S/C11H18N4/c1-8-6-11(14-10(3)13-8)15-5-4-12-9(2)7-15/h6,9,12H,4-5,7H2,1-3H3. The van der Waals surface area contributed by atoms with Gasteiger partial charge in [0.1, 0.15) is 11.6 Å². The van der Waals surface area contributed by atoms with Crippen molar-refractivity contribution < 1.29 is 0 Å². The van der Waals surface area contributed by atoms with Gasteiger partial charge in [0.05, 0.1) is 0 Å². The third-order valence-electron chi connectivity index (χ3n) is 2.65. The van der Waals surface area contributed by atoms with E-state index in [2.05, 4.69) is 33.2 Å². The van der Waals surface area contributed by atoms with E-state index < -0.39 is 0 Å². The second-order valence-corrected chi connectivity index (χ2v) is 4.22. The molecule has 1 aliphatic rings. The van der Waals surface area contributed by atoms with E-state index in [0.29, 0.717) is 6.04 Å². The molecular formula is C11H18N4. The molecule has 1 unspecified atom stereocenters. The van der Waals surface area contributed by atoms with Crippen molar-refractivity contribution in [3.05, 3.63) is 17.6 Å². The second kappa shape index (κ2) is 4.14. The Balaban J connectivity index is 2.20. The zero-order valence-electron chi connectivity index (χ0n) is 9.62. The first-order valence-electron chi connectivity index (χ1n) is 5.46. The van der Waals surface area contributed by atoms with E-state index in [-0.39, 0.29) is 0 Å². The molecule has 1 atom stereocenters. The lowest BCUT2D eigenvalue weighted by molar-refractivity contribution is 0.482. The molecule has 1 N–H and O–H groups in total. The number of aromatic nitrogens is 2. The smallest absolute Gasteiger partial charge is 0.132 e. The zero-order chi connectivity index (χ0) is 10.8. The number of nitrogens with zero attached hydrogens (tertiary/aromatic N) is 3. The van der Waals surface area contributed by atoms with Gasteiger partial charge in [-0.25, -0.2) is 9.97 Å². The summed E-state index contributed by atoms with van der Waals surface area (Å²) in [5.41, 5.74) is 1.05. The molecule has 1 saturated heterocycles. The van der Waals surface area contributed by atoms with E-state index >= 15 is 0 Å². The van der Waals surface area contributed by atoms with Crippen molar-refractivity contribution in [2.24, 2.45) is 0 Å². The monoisotopic (exact) mass is 206 g/mol. The summed E-state index contributed by atoms with van der Waals surface area (Å²) in [6, 6.07) is 2.60. The first-order chi connectivity index (χ1) is 7.15. The van der Waals surface area contributed by atoms with Crippen LogP contribution in [0, 0.1) is 13.8 Å². The van der Waals surface area contributed by atoms with Gasteiger partial charge in [0.25, 0.3) is 0 Å². The van der Waals surface area contributed by atoms with Gasteiger partial charge < -0.3 is 10.2 Å². The molecular weight excluding hydrogens is 188 g/mol. The quantitative estimate of drug-likeness (QED) is 0.741. The van der Waals surface area contributed by atoms with Crippen molar-refractivity contribution in [2.45, 2.75) is 26.8 Å². The summed E-state index contributed by atoms with van der Waals surface area (Å²) in [5.74, 6) is 1.92. The minimum Gasteiger partial charge on any atom is -0.354 e. The van der Waals surface area contributed by atoms with Crippen molar-refractivity contribution in [2.75, 3.05) is 24.5 Å². The molecule has 0 spiro atoms. The summed E-state index contributed by atoms with van der Waals surface area (Å²) in [4.78, 5) is 11.1. The summed E-state index contributed by atoms with van der Waals surface area (Å²) in [6.45, 7) is 9.25. The molecule has 1 aliphatic heterocycles. The van der Waals surface area contributed by atoms with Crippen LogP contribution in [0.4, 0.5) is 5.82 Å². The SMILES string of the molecule is Cc1cc(N2CCNC(C)C2)nc(C)n1. The van der Waals surface area contributed by atoms with Crippen LogP contribution in [0.3, 0.4) is 0 Å². The number of hydrogen-bond acceptors (Lipinski definition) is 4. The third-order valence-corrected chi connectivity index (χ3v) is 2.65. The van der Waals surface area contributed by atoms with Gasteiger partial charge in [0, 0.05) is 37.4 Å². The molecule has 1 aromatic heterocycles. The largest absolute Gasteiger partial charge is 0.354 e. The van der Waals surface area contributed by atoms with Gasteiger partial charge in [-0.05, 0) is 20.8 Å². The van der Waals surface area contributed by atoms with E-state index in [1.807, 2.05) is 13.8 Å². The Morgan fingerprint density at radius 3 is 2.87 bits per heavy atom. The topological polar surface area (TPSA) is 41.0 Å². The molecule has 1 aromatic rings.